The van der Waals surface area contributed by atoms with E-state index in [1.54, 1.807) is 13.0 Å². The van der Waals surface area contributed by atoms with Gasteiger partial charge in [-0.1, -0.05) is 0 Å². The first-order valence-electron chi connectivity index (χ1n) is 4.67. The van der Waals surface area contributed by atoms with Crippen LogP contribution in [0.25, 0.3) is 0 Å². The summed E-state index contributed by atoms with van der Waals surface area (Å²) in [6.45, 7) is 3.61. The maximum absolute atomic E-state index is 11.3. The Morgan fingerprint density at radius 2 is 2.00 bits per heavy atom. The molecule has 0 rings (SSSR count). The Morgan fingerprint density at radius 1 is 1.44 bits per heavy atom. The average molecular weight is 424 g/mol. The molecular weight excluding hydrogens is 410 g/mol. The quantitative estimate of drug-likeness (QED) is 0.278. The molecule has 0 aliphatic heterocycles. The van der Waals surface area contributed by atoms with E-state index in [0.717, 1.165) is 0 Å². The van der Waals surface area contributed by atoms with E-state index in [4.69, 9.17) is 43.2 Å². The summed E-state index contributed by atoms with van der Waals surface area (Å²) in [4.78, 5) is 11.3. The van der Waals surface area contributed by atoms with Crippen LogP contribution < -0.4 is 0 Å². The van der Waals surface area contributed by atoms with Crippen LogP contribution in [-0.4, -0.2) is 32.3 Å². The number of ether oxygens (including phenoxy) is 1. The van der Waals surface area contributed by atoms with Gasteiger partial charge in [0.2, 0.25) is 0 Å². The molecular formula is C9H14Cl4O2Te. The summed E-state index contributed by atoms with van der Waals surface area (Å²) in [5, 5.41) is -0.323. The van der Waals surface area contributed by atoms with Gasteiger partial charge in [-0.05, 0) is 0 Å². The summed E-state index contributed by atoms with van der Waals surface area (Å²) in [6, 6.07) is 0. The van der Waals surface area contributed by atoms with Crippen molar-refractivity contribution in [2.75, 3.05) is 0 Å². The molecule has 0 radical (unpaired) electrons. The van der Waals surface area contributed by atoms with Crippen LogP contribution in [0.2, 0.25) is 4.47 Å². The number of hydrogen-bond acceptors (Lipinski definition) is 2. The van der Waals surface area contributed by atoms with E-state index in [-0.39, 0.29) is 9.85 Å². The van der Waals surface area contributed by atoms with Gasteiger partial charge in [0.15, 0.2) is 0 Å². The molecule has 0 unspecified atom stereocenters. The van der Waals surface area contributed by atoms with Crippen LogP contribution in [-0.2, 0) is 9.53 Å². The van der Waals surface area contributed by atoms with Gasteiger partial charge in [-0.3, -0.25) is 0 Å². The van der Waals surface area contributed by atoms with Crippen LogP contribution >= 0.6 is 38.5 Å². The molecule has 0 aliphatic rings. The fourth-order valence-electron chi connectivity index (χ4n) is 0.986. The van der Waals surface area contributed by atoms with Gasteiger partial charge in [0.05, 0.1) is 0 Å². The van der Waals surface area contributed by atoms with Crippen molar-refractivity contribution in [3.63, 3.8) is 0 Å². The number of rotatable bonds is 6. The van der Waals surface area contributed by atoms with E-state index in [1.165, 1.54) is 6.08 Å². The summed E-state index contributed by atoms with van der Waals surface area (Å²) >= 11 is 2.67. The van der Waals surface area contributed by atoms with Gasteiger partial charge in [-0.25, -0.2) is 0 Å². The molecule has 2 atom stereocenters. The van der Waals surface area contributed by atoms with Crippen molar-refractivity contribution in [2.45, 2.75) is 36.2 Å². The van der Waals surface area contributed by atoms with Crippen molar-refractivity contribution in [2.24, 2.45) is 0 Å². The Balaban J connectivity index is 4.49. The summed E-state index contributed by atoms with van der Waals surface area (Å²) < 4.78 is 5.42. The molecule has 0 saturated carbocycles. The first-order valence-corrected chi connectivity index (χ1v) is 15.6. The van der Waals surface area contributed by atoms with Crippen molar-refractivity contribution in [1.82, 2.24) is 0 Å². The zero-order valence-corrected chi connectivity index (χ0v) is 14.3. The van der Waals surface area contributed by atoms with Crippen molar-refractivity contribution < 1.29 is 9.53 Å². The van der Waals surface area contributed by atoms with Crippen LogP contribution in [0.3, 0.4) is 0 Å². The Hall–Kier alpha value is 1.16. The van der Waals surface area contributed by atoms with Crippen molar-refractivity contribution >= 4 is 59.3 Å². The van der Waals surface area contributed by atoms with E-state index in [9.17, 15) is 4.79 Å². The van der Waals surface area contributed by atoms with Crippen molar-refractivity contribution in [3.05, 3.63) is 12.2 Å². The fraction of sp³-hybridized carbons (Fsp3) is 0.667. The first-order chi connectivity index (χ1) is 7.30. The molecule has 0 aliphatic carbocycles. The first kappa shape index (κ1) is 17.2. The molecule has 0 fully saturated rings. The van der Waals surface area contributed by atoms with E-state index in [1.807, 2.05) is 6.92 Å². The van der Waals surface area contributed by atoms with Gasteiger partial charge in [-0.15, -0.1) is 0 Å². The zero-order valence-electron chi connectivity index (χ0n) is 8.96. The monoisotopic (exact) mass is 424 g/mol. The molecule has 0 saturated heterocycles. The minimum absolute atomic E-state index is 0.262. The second-order valence-corrected chi connectivity index (χ2v) is 21.2. The summed E-state index contributed by atoms with van der Waals surface area (Å²) in [5.74, 6) is -0.455. The van der Waals surface area contributed by atoms with Gasteiger partial charge in [0.25, 0.3) is 0 Å². The van der Waals surface area contributed by atoms with Crippen molar-refractivity contribution in [3.8, 4) is 0 Å². The minimum atomic E-state index is -3.36. The molecule has 0 aromatic heterocycles. The molecule has 7 heteroatoms. The maximum atomic E-state index is 11.3. The molecule has 16 heavy (non-hydrogen) atoms. The molecule has 0 aromatic rings. The Labute approximate surface area is 116 Å². The molecule has 96 valence electrons. The molecule has 0 spiro atoms. The second-order valence-electron chi connectivity index (χ2n) is 3.07. The number of hydrogen-bond donors (Lipinski definition) is 0. The standard InChI is InChI=1S/C9H14Cl4O2Te/c1-3-5-9(14)15-8(7(10)4-2)6-16(11,12)13/h3,5,7-8H,4,6H2,1-2H3/b5-3+/t7-,8+/m1/s1. The summed E-state index contributed by atoms with van der Waals surface area (Å²) in [6.07, 6.45) is 3.03. The Bertz CT molecular complexity index is 252. The predicted octanol–water partition coefficient (Wildman–Crippen LogP) is 4.15. The van der Waals surface area contributed by atoms with Crippen molar-refractivity contribution in [1.29, 1.82) is 0 Å². The van der Waals surface area contributed by atoms with Gasteiger partial charge in [0, 0.05) is 0 Å². The van der Waals surface area contributed by atoms with Crippen LogP contribution in [0.5, 0.6) is 0 Å². The van der Waals surface area contributed by atoms with E-state index >= 15 is 0 Å². The molecule has 0 N–H and O–H groups in total. The number of alkyl halides is 1. The number of carbonyl (C=O) groups is 1. The number of carbonyl (C=O) groups excluding carboxylic acids is 1. The topological polar surface area (TPSA) is 26.3 Å². The van der Waals surface area contributed by atoms with E-state index < -0.39 is 26.9 Å². The number of allylic oxidation sites excluding steroid dienone is 1. The predicted molar refractivity (Wildman–Crippen MR) is 72.7 cm³/mol. The van der Waals surface area contributed by atoms with Gasteiger partial charge >= 0.3 is 117 Å². The zero-order chi connectivity index (χ0) is 12.8. The van der Waals surface area contributed by atoms with Gasteiger partial charge in [0.1, 0.15) is 0 Å². The third-order valence-corrected chi connectivity index (χ3v) is 6.86. The third kappa shape index (κ3) is 8.28. The normalized spacial score (nSPS) is 17.1. The fourth-order valence-corrected chi connectivity index (χ4v) is 5.88. The summed E-state index contributed by atoms with van der Waals surface area (Å²) in [7, 11) is 17.5. The second kappa shape index (κ2) is 8.29. The number of esters is 1. The van der Waals surface area contributed by atoms with E-state index in [2.05, 4.69) is 0 Å². The number of halogens is 4. The third-order valence-electron chi connectivity index (χ3n) is 1.72. The van der Waals surface area contributed by atoms with Gasteiger partial charge < -0.3 is 0 Å². The van der Waals surface area contributed by atoms with Crippen LogP contribution in [0.4, 0.5) is 0 Å². The average Bonchev–Trinajstić information content (AvgIpc) is 2.13. The molecule has 0 amide bonds. The molecule has 0 heterocycles. The Kier molecular flexibility index (Phi) is 8.90. The molecule has 0 aromatic carbocycles. The van der Waals surface area contributed by atoms with Gasteiger partial charge in [-0.2, -0.15) is 0 Å². The molecule has 0 bridgehead atoms. The van der Waals surface area contributed by atoms with Crippen LogP contribution in [0.1, 0.15) is 20.3 Å². The Morgan fingerprint density at radius 3 is 2.38 bits per heavy atom. The molecule has 2 nitrogen and oxygen atoms in total. The van der Waals surface area contributed by atoms with Crippen LogP contribution in [0, 0.1) is 0 Å². The van der Waals surface area contributed by atoms with Crippen LogP contribution in [0.15, 0.2) is 12.2 Å². The van der Waals surface area contributed by atoms with E-state index in [0.29, 0.717) is 6.42 Å². The summed E-state index contributed by atoms with van der Waals surface area (Å²) in [5.41, 5.74) is 0. The SMILES string of the molecule is C/C=C/C(=O)O[C@@H](C[Te](Cl)(Cl)Cl)[C@H](Cl)CC.